The number of hydrogen-bond donors (Lipinski definition) is 2. The molecule has 0 radical (unpaired) electrons. The van der Waals surface area contributed by atoms with E-state index in [9.17, 15) is 9.59 Å². The lowest BCUT2D eigenvalue weighted by Crippen LogP contribution is -2.32. The number of anilines is 3. The minimum Gasteiger partial charge on any atom is -0.486 e. The molecule has 2 aromatic rings. The first-order valence-electron chi connectivity index (χ1n) is 9.47. The van der Waals surface area contributed by atoms with E-state index < -0.39 is 6.04 Å². The van der Waals surface area contributed by atoms with Gasteiger partial charge in [0.1, 0.15) is 19.3 Å². The Morgan fingerprint density at radius 2 is 1.89 bits per heavy atom. The van der Waals surface area contributed by atoms with E-state index in [0.29, 0.717) is 36.8 Å². The maximum absolute atomic E-state index is 12.6. The van der Waals surface area contributed by atoms with E-state index in [2.05, 4.69) is 10.6 Å². The number of carbonyl (C=O) groups excluding carboxylic acids is 2. The smallest absolute Gasteiger partial charge is 0.246 e. The molecular weight excluding hydrogens is 358 g/mol. The highest BCUT2D eigenvalue weighted by Gasteiger charge is 2.22. The van der Waals surface area contributed by atoms with Crippen LogP contribution in [0.4, 0.5) is 17.1 Å². The van der Waals surface area contributed by atoms with Crippen molar-refractivity contribution in [3.05, 3.63) is 42.5 Å². The number of benzene rings is 2. The molecular formula is C21H23N3O4. The van der Waals surface area contributed by atoms with E-state index in [1.807, 2.05) is 24.3 Å². The topological polar surface area (TPSA) is 79.9 Å². The zero-order valence-electron chi connectivity index (χ0n) is 15.7. The molecule has 0 bridgehead atoms. The summed E-state index contributed by atoms with van der Waals surface area (Å²) >= 11 is 0. The van der Waals surface area contributed by atoms with Gasteiger partial charge >= 0.3 is 0 Å². The van der Waals surface area contributed by atoms with Crippen LogP contribution in [-0.2, 0) is 9.59 Å². The number of rotatable bonds is 5. The molecule has 2 amide bonds. The Labute approximate surface area is 163 Å². The SMILES string of the molecule is C[C@@H](Nc1cccc(N2CCCC2=O)c1)C(=O)Nc1ccc2c(c1)OCCO2. The van der Waals surface area contributed by atoms with Crippen LogP contribution >= 0.6 is 0 Å². The van der Waals surface area contributed by atoms with E-state index in [-0.39, 0.29) is 11.8 Å². The van der Waals surface area contributed by atoms with Crippen LogP contribution in [0.2, 0.25) is 0 Å². The fraction of sp³-hybridized carbons (Fsp3) is 0.333. The Bertz CT molecular complexity index is 899. The van der Waals surface area contributed by atoms with E-state index in [1.165, 1.54) is 0 Å². The molecule has 1 atom stereocenters. The third-order valence-electron chi connectivity index (χ3n) is 4.82. The van der Waals surface area contributed by atoms with Crippen LogP contribution in [0.25, 0.3) is 0 Å². The van der Waals surface area contributed by atoms with Gasteiger partial charge in [0.25, 0.3) is 0 Å². The molecule has 146 valence electrons. The highest BCUT2D eigenvalue weighted by molar-refractivity contribution is 5.97. The number of ether oxygens (including phenoxy) is 2. The van der Waals surface area contributed by atoms with Crippen LogP contribution < -0.4 is 25.0 Å². The lowest BCUT2D eigenvalue weighted by atomic mass is 10.2. The van der Waals surface area contributed by atoms with Gasteiger partial charge in [0.15, 0.2) is 11.5 Å². The van der Waals surface area contributed by atoms with Crippen LogP contribution in [0, 0.1) is 0 Å². The van der Waals surface area contributed by atoms with Crippen molar-refractivity contribution < 1.29 is 19.1 Å². The van der Waals surface area contributed by atoms with Crippen molar-refractivity contribution in [3.8, 4) is 11.5 Å². The maximum Gasteiger partial charge on any atom is 0.246 e. The molecule has 1 saturated heterocycles. The third-order valence-corrected chi connectivity index (χ3v) is 4.82. The standard InChI is InChI=1S/C21H23N3O4/c1-14(21(26)23-16-7-8-18-19(13-16)28-11-10-27-18)22-15-4-2-5-17(12-15)24-9-3-6-20(24)25/h2,4-5,7-8,12-14,22H,3,6,9-11H2,1H3,(H,23,26)/t14-/m1/s1. The van der Waals surface area contributed by atoms with Crippen molar-refractivity contribution in [1.82, 2.24) is 0 Å². The fourth-order valence-corrected chi connectivity index (χ4v) is 3.37. The number of amides is 2. The Balaban J connectivity index is 1.40. The number of nitrogens with one attached hydrogen (secondary N) is 2. The second-order valence-electron chi connectivity index (χ2n) is 6.91. The predicted molar refractivity (Wildman–Crippen MR) is 107 cm³/mol. The van der Waals surface area contributed by atoms with Crippen LogP contribution in [0.1, 0.15) is 19.8 Å². The average molecular weight is 381 g/mol. The Morgan fingerprint density at radius 3 is 2.68 bits per heavy atom. The zero-order valence-corrected chi connectivity index (χ0v) is 15.7. The van der Waals surface area contributed by atoms with Gasteiger partial charge < -0.3 is 25.0 Å². The van der Waals surface area contributed by atoms with Crippen molar-refractivity contribution in [1.29, 1.82) is 0 Å². The molecule has 0 unspecified atom stereocenters. The van der Waals surface area contributed by atoms with Gasteiger partial charge in [-0.2, -0.15) is 0 Å². The minimum absolute atomic E-state index is 0.140. The number of fused-ring (bicyclic) bond motifs is 1. The lowest BCUT2D eigenvalue weighted by Gasteiger charge is -2.20. The van der Waals surface area contributed by atoms with Gasteiger partial charge in [0.2, 0.25) is 11.8 Å². The number of hydrogen-bond acceptors (Lipinski definition) is 5. The molecule has 0 aromatic heterocycles. The second-order valence-corrected chi connectivity index (χ2v) is 6.91. The molecule has 7 nitrogen and oxygen atoms in total. The molecule has 28 heavy (non-hydrogen) atoms. The van der Waals surface area contributed by atoms with E-state index >= 15 is 0 Å². The molecule has 1 fully saturated rings. The fourth-order valence-electron chi connectivity index (χ4n) is 3.37. The minimum atomic E-state index is -0.460. The predicted octanol–water partition coefficient (Wildman–Crippen LogP) is 3.02. The summed E-state index contributed by atoms with van der Waals surface area (Å²) < 4.78 is 11.0. The molecule has 2 aliphatic heterocycles. The van der Waals surface area contributed by atoms with Gasteiger partial charge in [-0.05, 0) is 43.7 Å². The summed E-state index contributed by atoms with van der Waals surface area (Å²) in [6, 6.07) is 12.5. The zero-order chi connectivity index (χ0) is 19.5. The quantitative estimate of drug-likeness (QED) is 0.832. The van der Waals surface area contributed by atoms with Crippen molar-refractivity contribution in [2.45, 2.75) is 25.8 Å². The van der Waals surface area contributed by atoms with Crippen LogP contribution in [-0.4, -0.2) is 37.6 Å². The summed E-state index contributed by atoms with van der Waals surface area (Å²) in [7, 11) is 0. The first kappa shape index (κ1) is 18.2. The summed E-state index contributed by atoms with van der Waals surface area (Å²) in [4.78, 5) is 26.3. The second kappa shape index (κ2) is 7.80. The van der Waals surface area contributed by atoms with Crippen molar-refractivity contribution in [3.63, 3.8) is 0 Å². The molecule has 2 heterocycles. The highest BCUT2D eigenvalue weighted by atomic mass is 16.6. The van der Waals surface area contributed by atoms with Crippen LogP contribution in [0.3, 0.4) is 0 Å². The van der Waals surface area contributed by atoms with Gasteiger partial charge in [-0.1, -0.05) is 6.07 Å². The summed E-state index contributed by atoms with van der Waals surface area (Å²) in [6.45, 7) is 3.56. The average Bonchev–Trinajstić information content (AvgIpc) is 3.14. The normalized spacial score (nSPS) is 16.6. The van der Waals surface area contributed by atoms with Gasteiger partial charge in [-0.25, -0.2) is 0 Å². The van der Waals surface area contributed by atoms with Crippen LogP contribution in [0.5, 0.6) is 11.5 Å². The van der Waals surface area contributed by atoms with Crippen LogP contribution in [0.15, 0.2) is 42.5 Å². The first-order valence-corrected chi connectivity index (χ1v) is 9.47. The van der Waals surface area contributed by atoms with E-state index in [4.69, 9.17) is 9.47 Å². The Hall–Kier alpha value is -3.22. The molecule has 0 saturated carbocycles. The molecule has 2 aromatic carbocycles. The van der Waals surface area contributed by atoms with Gasteiger partial charge in [0.05, 0.1) is 0 Å². The number of carbonyl (C=O) groups is 2. The van der Waals surface area contributed by atoms with Crippen molar-refractivity contribution >= 4 is 28.9 Å². The lowest BCUT2D eigenvalue weighted by molar-refractivity contribution is -0.117. The summed E-state index contributed by atoms with van der Waals surface area (Å²) in [5.41, 5.74) is 2.30. The van der Waals surface area contributed by atoms with Crippen molar-refractivity contribution in [2.75, 3.05) is 35.3 Å². The largest absolute Gasteiger partial charge is 0.486 e. The van der Waals surface area contributed by atoms with Gasteiger partial charge in [-0.15, -0.1) is 0 Å². The summed E-state index contributed by atoms with van der Waals surface area (Å²) in [5, 5.41) is 6.08. The molecule has 0 aliphatic carbocycles. The first-order chi connectivity index (χ1) is 13.6. The summed E-state index contributed by atoms with van der Waals surface area (Å²) in [5.74, 6) is 1.29. The molecule has 0 spiro atoms. The Morgan fingerprint density at radius 1 is 1.07 bits per heavy atom. The maximum atomic E-state index is 12.6. The highest BCUT2D eigenvalue weighted by Crippen LogP contribution is 2.32. The Kier molecular flexibility index (Phi) is 5.06. The van der Waals surface area contributed by atoms with Gasteiger partial charge in [0, 0.05) is 36.1 Å². The van der Waals surface area contributed by atoms with Gasteiger partial charge in [-0.3, -0.25) is 9.59 Å². The van der Waals surface area contributed by atoms with Crippen molar-refractivity contribution in [2.24, 2.45) is 0 Å². The molecule has 2 N–H and O–H groups in total. The molecule has 4 rings (SSSR count). The van der Waals surface area contributed by atoms with E-state index in [0.717, 1.165) is 24.3 Å². The molecule has 2 aliphatic rings. The third kappa shape index (κ3) is 3.88. The van der Waals surface area contributed by atoms with E-state index in [1.54, 1.807) is 30.0 Å². The number of nitrogens with zero attached hydrogens (tertiary/aromatic N) is 1. The monoisotopic (exact) mass is 381 g/mol. The summed E-state index contributed by atoms with van der Waals surface area (Å²) in [6.07, 6.45) is 1.47. The molecule has 7 heteroatoms.